The predicted octanol–water partition coefficient (Wildman–Crippen LogP) is -2.11. The van der Waals surface area contributed by atoms with E-state index in [9.17, 15) is 24.9 Å². The van der Waals surface area contributed by atoms with E-state index in [4.69, 9.17) is 10.5 Å². The highest BCUT2D eigenvalue weighted by atomic mass is 16.6. The van der Waals surface area contributed by atoms with E-state index in [0.717, 1.165) is 4.57 Å². The normalized spacial score (nSPS) is 30.0. The third-order valence-electron chi connectivity index (χ3n) is 4.04. The summed E-state index contributed by atoms with van der Waals surface area (Å²) in [4.78, 5) is 26.3. The van der Waals surface area contributed by atoms with Crippen molar-refractivity contribution >= 4 is 0 Å². The van der Waals surface area contributed by atoms with E-state index in [2.05, 4.69) is 11.6 Å². The maximum absolute atomic E-state index is 12.3. The van der Waals surface area contributed by atoms with Gasteiger partial charge >= 0.3 is 5.69 Å². The van der Waals surface area contributed by atoms with Crippen LogP contribution in [0.5, 0.6) is 0 Å². The molecular weight excluding hydrogens is 318 g/mol. The maximum atomic E-state index is 12.3. The molecule has 0 aliphatic carbocycles. The van der Waals surface area contributed by atoms with Crippen molar-refractivity contribution in [3.05, 3.63) is 57.5 Å². The summed E-state index contributed by atoms with van der Waals surface area (Å²) in [6, 6.07) is 0. The number of nitrogens with one attached hydrogen (secondary N) is 1. The third-order valence-corrected chi connectivity index (χ3v) is 4.04. The van der Waals surface area contributed by atoms with E-state index in [1.54, 1.807) is 0 Å². The number of hydrogen-bond acceptors (Lipinski definition) is 7. The first kappa shape index (κ1) is 18.1. The van der Waals surface area contributed by atoms with Crippen LogP contribution in [0, 0.1) is 0 Å². The zero-order valence-electron chi connectivity index (χ0n) is 13.0. The van der Waals surface area contributed by atoms with Crippen molar-refractivity contribution < 1.29 is 20.1 Å². The number of nitrogens with zero attached hydrogens (tertiary/aromatic N) is 1. The second-order valence-corrected chi connectivity index (χ2v) is 5.53. The van der Waals surface area contributed by atoms with E-state index in [1.165, 1.54) is 24.5 Å². The lowest BCUT2D eigenvalue weighted by Gasteiger charge is -2.33. The molecule has 2 rings (SSSR count). The first-order chi connectivity index (χ1) is 11.4. The second kappa shape index (κ2) is 7.14. The molecule has 0 amide bonds. The van der Waals surface area contributed by atoms with Gasteiger partial charge < -0.3 is 25.8 Å². The lowest BCUT2D eigenvalue weighted by molar-refractivity contribution is -0.148. The summed E-state index contributed by atoms with van der Waals surface area (Å²) < 4.78 is 6.62. The molecule has 0 radical (unpaired) electrons. The number of aliphatic hydroxyl groups is 3. The molecule has 2 heterocycles. The number of aromatic nitrogens is 2. The van der Waals surface area contributed by atoms with Crippen LogP contribution >= 0.6 is 0 Å². The molecule has 1 aromatic rings. The fourth-order valence-corrected chi connectivity index (χ4v) is 2.82. The van der Waals surface area contributed by atoms with Crippen LogP contribution in [0.3, 0.4) is 0 Å². The minimum absolute atomic E-state index is 0.0279. The summed E-state index contributed by atoms with van der Waals surface area (Å²) in [5.41, 5.74) is 2.40. The number of aliphatic hydroxyl groups excluding tert-OH is 3. The van der Waals surface area contributed by atoms with E-state index in [1.807, 2.05) is 0 Å². The van der Waals surface area contributed by atoms with Gasteiger partial charge in [0.15, 0.2) is 5.72 Å². The van der Waals surface area contributed by atoms with Gasteiger partial charge in [0.05, 0.1) is 6.61 Å². The van der Waals surface area contributed by atoms with Crippen LogP contribution in [0.1, 0.15) is 12.0 Å². The Morgan fingerprint density at radius 3 is 2.71 bits per heavy atom. The Balaban J connectivity index is 2.62. The van der Waals surface area contributed by atoms with Gasteiger partial charge in [0.1, 0.15) is 18.3 Å². The Bertz CT molecular complexity index is 739. The molecule has 0 aromatic carbocycles. The van der Waals surface area contributed by atoms with Crippen molar-refractivity contribution in [2.75, 3.05) is 6.61 Å². The van der Waals surface area contributed by atoms with Crippen molar-refractivity contribution in [2.45, 2.75) is 36.9 Å². The molecule has 0 saturated carbocycles. The number of ether oxygens (including phenoxy) is 1. The Kier molecular flexibility index (Phi) is 5.40. The number of aromatic amines is 1. The van der Waals surface area contributed by atoms with Gasteiger partial charge in [-0.1, -0.05) is 12.2 Å². The van der Waals surface area contributed by atoms with Gasteiger partial charge in [-0.2, -0.15) is 0 Å². The SMILES string of the molecule is C=CC[C@@]1(n2cc(CC=CN)c(=O)[nH]c2=O)O[C@H](CO)[C@@H](O)[C@H]1O. The van der Waals surface area contributed by atoms with Crippen LogP contribution < -0.4 is 17.0 Å². The molecule has 1 aliphatic rings. The van der Waals surface area contributed by atoms with E-state index in [0.29, 0.717) is 0 Å². The molecule has 132 valence electrons. The monoisotopic (exact) mass is 339 g/mol. The van der Waals surface area contributed by atoms with Crippen LogP contribution in [0.15, 0.2) is 40.7 Å². The van der Waals surface area contributed by atoms with Crippen molar-refractivity contribution in [3.8, 4) is 0 Å². The molecule has 0 spiro atoms. The third kappa shape index (κ3) is 2.94. The largest absolute Gasteiger partial charge is 0.405 e. The van der Waals surface area contributed by atoms with Crippen LogP contribution in [0.2, 0.25) is 0 Å². The zero-order valence-corrected chi connectivity index (χ0v) is 13.0. The van der Waals surface area contributed by atoms with E-state index in [-0.39, 0.29) is 18.4 Å². The van der Waals surface area contributed by atoms with Crippen molar-refractivity contribution in [1.29, 1.82) is 0 Å². The highest BCUT2D eigenvalue weighted by molar-refractivity contribution is 5.13. The molecule has 24 heavy (non-hydrogen) atoms. The Morgan fingerprint density at radius 1 is 1.46 bits per heavy atom. The van der Waals surface area contributed by atoms with Gasteiger partial charge in [-0.3, -0.25) is 14.3 Å². The first-order valence-electron chi connectivity index (χ1n) is 7.39. The quantitative estimate of drug-likeness (QED) is 0.372. The summed E-state index contributed by atoms with van der Waals surface area (Å²) in [6.07, 6.45) is 1.60. The topological polar surface area (TPSA) is 151 Å². The molecule has 6 N–H and O–H groups in total. The molecule has 9 nitrogen and oxygen atoms in total. The Labute approximate surface area is 137 Å². The van der Waals surface area contributed by atoms with Crippen molar-refractivity contribution in [1.82, 2.24) is 9.55 Å². The Hall–Kier alpha value is -2.20. The standard InChI is InChI=1S/C15H21N3O6/c1-2-5-15(12(21)11(20)10(8-19)24-15)18-7-9(4-3-6-16)13(22)17-14(18)23/h2-3,6-7,10-12,19-21H,1,4-5,8,16H2,(H,17,22,23)/t10-,11-,12-,15-/m1/s1. The molecule has 9 heteroatoms. The second-order valence-electron chi connectivity index (χ2n) is 5.53. The van der Waals surface area contributed by atoms with Gasteiger partial charge in [-0.25, -0.2) is 4.79 Å². The number of nitrogens with two attached hydrogens (primary N) is 1. The van der Waals surface area contributed by atoms with Crippen LogP contribution in [-0.4, -0.2) is 49.8 Å². The fourth-order valence-electron chi connectivity index (χ4n) is 2.82. The number of rotatable bonds is 6. The molecule has 1 aromatic heterocycles. The molecule has 0 bridgehead atoms. The van der Waals surface area contributed by atoms with Gasteiger partial charge in [-0.15, -0.1) is 6.58 Å². The van der Waals surface area contributed by atoms with Crippen LogP contribution in [0.4, 0.5) is 0 Å². The average Bonchev–Trinajstić information content (AvgIpc) is 2.80. The van der Waals surface area contributed by atoms with E-state index >= 15 is 0 Å². The smallest absolute Gasteiger partial charge is 0.330 e. The molecule has 1 saturated heterocycles. The summed E-state index contributed by atoms with van der Waals surface area (Å²) in [5.74, 6) is 0. The minimum atomic E-state index is -1.68. The van der Waals surface area contributed by atoms with Crippen molar-refractivity contribution in [3.63, 3.8) is 0 Å². The van der Waals surface area contributed by atoms with Gasteiger partial charge in [0, 0.05) is 18.2 Å². The number of H-pyrrole nitrogens is 1. The molecule has 1 aliphatic heterocycles. The van der Waals surface area contributed by atoms with Crippen molar-refractivity contribution in [2.24, 2.45) is 5.73 Å². The molecule has 0 unspecified atom stereocenters. The average molecular weight is 339 g/mol. The van der Waals surface area contributed by atoms with Gasteiger partial charge in [0.25, 0.3) is 5.56 Å². The fraction of sp³-hybridized carbons (Fsp3) is 0.467. The predicted molar refractivity (Wildman–Crippen MR) is 85.1 cm³/mol. The van der Waals surface area contributed by atoms with Crippen LogP contribution in [0.25, 0.3) is 0 Å². The highest BCUT2D eigenvalue weighted by Gasteiger charge is 2.55. The van der Waals surface area contributed by atoms with Crippen LogP contribution in [-0.2, 0) is 16.9 Å². The number of allylic oxidation sites excluding steroid dienone is 1. The lowest BCUT2D eigenvalue weighted by atomic mass is 9.98. The lowest BCUT2D eigenvalue weighted by Crippen LogP contribution is -2.51. The van der Waals surface area contributed by atoms with Gasteiger partial charge in [0.2, 0.25) is 0 Å². The molecular formula is C15H21N3O6. The number of hydrogen-bond donors (Lipinski definition) is 5. The maximum Gasteiger partial charge on any atom is 0.330 e. The first-order valence-corrected chi connectivity index (χ1v) is 7.39. The molecule has 1 fully saturated rings. The van der Waals surface area contributed by atoms with Gasteiger partial charge in [-0.05, 0) is 12.6 Å². The van der Waals surface area contributed by atoms with E-state index < -0.39 is 41.9 Å². The summed E-state index contributed by atoms with van der Waals surface area (Å²) in [6.45, 7) is 3.03. The highest BCUT2D eigenvalue weighted by Crippen LogP contribution is 2.37. The summed E-state index contributed by atoms with van der Waals surface area (Å²) in [5, 5.41) is 29.8. The molecule has 4 atom stereocenters. The Morgan fingerprint density at radius 2 is 2.17 bits per heavy atom. The zero-order chi connectivity index (χ0) is 17.9. The summed E-state index contributed by atoms with van der Waals surface area (Å²) >= 11 is 0. The minimum Gasteiger partial charge on any atom is -0.405 e. The summed E-state index contributed by atoms with van der Waals surface area (Å²) in [7, 11) is 0.